The molecule has 0 saturated carbocycles. The first-order valence-corrected chi connectivity index (χ1v) is 9.88. The molecule has 2 aromatic rings. The Labute approximate surface area is 166 Å². The third kappa shape index (κ3) is 3.91. The van der Waals surface area contributed by atoms with Gasteiger partial charge in [-0.15, -0.1) is 0 Å². The van der Waals surface area contributed by atoms with Crippen LogP contribution in [-0.4, -0.2) is 50.8 Å². The smallest absolute Gasteiger partial charge is 0.324 e. The average molecular weight is 383 g/mol. The maximum Gasteiger partial charge on any atom is 0.324 e. The number of hydrogen-bond donors (Lipinski definition) is 0. The first-order valence-electron chi connectivity index (χ1n) is 9.51. The van der Waals surface area contributed by atoms with E-state index in [1.165, 1.54) is 11.0 Å². The molecule has 140 valence electrons. The van der Waals surface area contributed by atoms with Crippen molar-refractivity contribution in [1.82, 2.24) is 4.90 Å². The van der Waals surface area contributed by atoms with Crippen LogP contribution < -0.4 is 10.4 Å². The fraction of sp³-hybridized carbons (Fsp3) is 0.381. The van der Waals surface area contributed by atoms with Crippen LogP contribution in [0, 0.1) is 0 Å². The van der Waals surface area contributed by atoms with E-state index in [0.29, 0.717) is 23.6 Å². The fourth-order valence-electron chi connectivity index (χ4n) is 3.84. The summed E-state index contributed by atoms with van der Waals surface area (Å²) in [5.74, 6) is 0.0523. The number of hydrogen-bond acceptors (Lipinski definition) is 4. The van der Waals surface area contributed by atoms with Crippen molar-refractivity contribution in [3.05, 3.63) is 58.1 Å². The van der Waals surface area contributed by atoms with Gasteiger partial charge in [0.1, 0.15) is 0 Å². The molecule has 0 spiro atoms. The molecule has 0 atom stereocenters. The second kappa shape index (κ2) is 7.66. The number of halogens is 1. The van der Waals surface area contributed by atoms with E-state index in [1.807, 2.05) is 31.1 Å². The van der Waals surface area contributed by atoms with Gasteiger partial charge in [0.15, 0.2) is 5.78 Å². The van der Waals surface area contributed by atoms with Crippen LogP contribution in [0.15, 0.2) is 36.4 Å². The lowest BCUT2D eigenvalue weighted by Crippen LogP contribution is -2.44. The van der Waals surface area contributed by atoms with Gasteiger partial charge < -0.3 is 14.5 Å². The number of fused-ring (bicyclic) bond motifs is 1. The van der Waals surface area contributed by atoms with Crippen LogP contribution in [0.2, 0.25) is 11.8 Å². The monoisotopic (exact) mass is 382 g/mol. The molecule has 4 rings (SSSR count). The molecule has 0 N–H and O–H groups in total. The molecule has 0 unspecified atom stereocenters. The average Bonchev–Trinajstić information content (AvgIpc) is 3.03. The molecule has 2 aliphatic heterocycles. The van der Waals surface area contributed by atoms with Crippen LogP contribution in [0.25, 0.3) is 0 Å². The minimum absolute atomic E-state index is 0.0523. The summed E-state index contributed by atoms with van der Waals surface area (Å²) >= 11 is 6.48. The van der Waals surface area contributed by atoms with Crippen LogP contribution in [0.1, 0.15) is 21.5 Å². The lowest BCUT2D eigenvalue weighted by atomic mass is 9.64. The standard InChI is InChI=1S/C21H24BClN2O2/c1-22-19-11-15(3-4-16(19)14-27-22)12-21(26)18-6-5-17(13-20(18)23)25-9-7-24(2)8-10-25/h3-6,11,13H,7-10,12,14H2,1-2H3. The fourth-order valence-corrected chi connectivity index (χ4v) is 4.12. The van der Waals surface area contributed by atoms with Crippen molar-refractivity contribution in [1.29, 1.82) is 0 Å². The molecule has 0 bridgehead atoms. The molecule has 2 aromatic carbocycles. The van der Waals surface area contributed by atoms with Gasteiger partial charge in [0.2, 0.25) is 0 Å². The van der Waals surface area contributed by atoms with Crippen molar-refractivity contribution < 1.29 is 9.45 Å². The number of anilines is 1. The van der Waals surface area contributed by atoms with Gasteiger partial charge in [0.05, 0.1) is 11.6 Å². The zero-order valence-corrected chi connectivity index (χ0v) is 16.6. The first-order chi connectivity index (χ1) is 13.0. The number of nitrogens with zero attached hydrogens (tertiary/aromatic N) is 2. The Morgan fingerprint density at radius 2 is 1.93 bits per heavy atom. The van der Waals surface area contributed by atoms with Crippen molar-refractivity contribution in [2.45, 2.75) is 19.9 Å². The van der Waals surface area contributed by atoms with Crippen molar-refractivity contribution in [2.24, 2.45) is 0 Å². The highest BCUT2D eigenvalue weighted by molar-refractivity contribution is 6.67. The van der Waals surface area contributed by atoms with E-state index in [1.54, 1.807) is 0 Å². The number of carbonyl (C=O) groups is 1. The molecule has 1 saturated heterocycles. The number of Topliss-reactive ketones (excluding diaryl/α,β-unsaturated/α-hetero) is 1. The summed E-state index contributed by atoms with van der Waals surface area (Å²) in [6.45, 7) is 6.85. The zero-order chi connectivity index (χ0) is 19.0. The van der Waals surface area contributed by atoms with Gasteiger partial charge in [-0.2, -0.15) is 0 Å². The Kier molecular flexibility index (Phi) is 5.26. The van der Waals surface area contributed by atoms with Crippen molar-refractivity contribution >= 4 is 35.4 Å². The molecule has 4 nitrogen and oxygen atoms in total. The van der Waals surface area contributed by atoms with Gasteiger partial charge in [0, 0.05) is 43.9 Å². The lowest BCUT2D eigenvalue weighted by Gasteiger charge is -2.34. The maximum absolute atomic E-state index is 12.8. The van der Waals surface area contributed by atoms with E-state index < -0.39 is 0 Å². The van der Waals surface area contributed by atoms with Gasteiger partial charge in [-0.3, -0.25) is 4.79 Å². The highest BCUT2D eigenvalue weighted by Gasteiger charge is 2.24. The molecular formula is C21H24BClN2O2. The number of benzene rings is 2. The van der Waals surface area contributed by atoms with Gasteiger partial charge in [0.25, 0.3) is 0 Å². The largest absolute Gasteiger partial charge is 0.427 e. The molecule has 27 heavy (non-hydrogen) atoms. The van der Waals surface area contributed by atoms with Crippen LogP contribution in [0.3, 0.4) is 0 Å². The van der Waals surface area contributed by atoms with Crippen molar-refractivity contribution in [3.8, 4) is 0 Å². The van der Waals surface area contributed by atoms with Gasteiger partial charge in [-0.1, -0.05) is 36.6 Å². The summed E-state index contributed by atoms with van der Waals surface area (Å²) < 4.78 is 5.65. The first kappa shape index (κ1) is 18.5. The predicted octanol–water partition coefficient (Wildman–Crippen LogP) is 2.88. The molecule has 0 radical (unpaired) electrons. The molecule has 6 heteroatoms. The van der Waals surface area contributed by atoms with Gasteiger partial charge in [-0.25, -0.2) is 0 Å². The Morgan fingerprint density at radius 1 is 1.15 bits per heavy atom. The predicted molar refractivity (Wildman–Crippen MR) is 112 cm³/mol. The maximum atomic E-state index is 12.8. The summed E-state index contributed by atoms with van der Waals surface area (Å²) in [6, 6.07) is 12.0. The van der Waals surface area contributed by atoms with Crippen molar-refractivity contribution in [2.75, 3.05) is 38.1 Å². The minimum Gasteiger partial charge on any atom is -0.427 e. The van der Waals surface area contributed by atoms with Crippen molar-refractivity contribution in [3.63, 3.8) is 0 Å². The number of rotatable bonds is 4. The van der Waals surface area contributed by atoms with E-state index in [0.717, 1.165) is 37.4 Å². The normalized spacial score (nSPS) is 17.3. The van der Waals surface area contributed by atoms with Crippen LogP contribution >= 0.6 is 11.6 Å². The number of ketones is 1. The summed E-state index contributed by atoms with van der Waals surface area (Å²) in [5.41, 5.74) is 5.10. The van der Waals surface area contributed by atoms with E-state index in [-0.39, 0.29) is 12.7 Å². The number of piperazine rings is 1. The highest BCUT2D eigenvalue weighted by Crippen LogP contribution is 2.26. The molecule has 1 fully saturated rings. The van der Waals surface area contributed by atoms with Crippen LogP contribution in [-0.2, 0) is 17.7 Å². The number of carbonyl (C=O) groups excluding carboxylic acids is 1. The lowest BCUT2D eigenvalue weighted by molar-refractivity contribution is 0.0993. The summed E-state index contributed by atoms with van der Waals surface area (Å²) in [4.78, 5) is 17.5. The van der Waals surface area contributed by atoms with E-state index >= 15 is 0 Å². The third-order valence-corrected chi connectivity index (χ3v) is 5.94. The van der Waals surface area contributed by atoms with Crippen LogP contribution in [0.5, 0.6) is 0 Å². The number of likely N-dealkylation sites (N-methyl/N-ethyl adjacent to an activating group) is 1. The summed E-state index contributed by atoms with van der Waals surface area (Å²) in [5, 5.41) is 0.536. The second-order valence-corrected chi connectivity index (χ2v) is 7.95. The molecular weight excluding hydrogens is 359 g/mol. The molecule has 0 aliphatic carbocycles. The Balaban J connectivity index is 1.48. The van der Waals surface area contributed by atoms with E-state index in [4.69, 9.17) is 16.3 Å². The van der Waals surface area contributed by atoms with Gasteiger partial charge in [-0.05, 0) is 41.8 Å². The molecule has 2 aliphatic rings. The Bertz CT molecular complexity index is 865. The Morgan fingerprint density at radius 3 is 2.67 bits per heavy atom. The molecule has 0 amide bonds. The van der Waals surface area contributed by atoms with E-state index in [2.05, 4.69) is 29.0 Å². The summed E-state index contributed by atoms with van der Waals surface area (Å²) in [7, 11) is 2.14. The molecule has 2 heterocycles. The minimum atomic E-state index is 0.0523. The highest BCUT2D eigenvalue weighted by atomic mass is 35.5. The third-order valence-electron chi connectivity index (χ3n) is 5.62. The van der Waals surface area contributed by atoms with E-state index in [9.17, 15) is 4.79 Å². The zero-order valence-electron chi connectivity index (χ0n) is 15.9. The topological polar surface area (TPSA) is 32.8 Å². The van der Waals surface area contributed by atoms with Gasteiger partial charge >= 0.3 is 6.92 Å². The molecule has 0 aromatic heterocycles. The second-order valence-electron chi connectivity index (χ2n) is 7.54. The summed E-state index contributed by atoms with van der Waals surface area (Å²) in [6.07, 6.45) is 0.355. The SMILES string of the molecule is CB1OCc2ccc(CC(=O)c3ccc(N4CCN(C)CC4)cc3Cl)cc21. The quantitative estimate of drug-likeness (QED) is 0.601. The Hall–Kier alpha value is -1.82. The van der Waals surface area contributed by atoms with Crippen LogP contribution in [0.4, 0.5) is 5.69 Å².